The van der Waals surface area contributed by atoms with E-state index < -0.39 is 0 Å². The largest absolute Gasteiger partial charge is 0.298 e. The molecule has 0 saturated heterocycles. The lowest BCUT2D eigenvalue weighted by Gasteiger charge is -2.07. The van der Waals surface area contributed by atoms with Gasteiger partial charge in [-0.05, 0) is 29.8 Å². The Hall–Kier alpha value is -2.11. The highest BCUT2D eigenvalue weighted by molar-refractivity contribution is 7.98. The third-order valence-electron chi connectivity index (χ3n) is 3.25. The van der Waals surface area contributed by atoms with Gasteiger partial charge < -0.3 is 0 Å². The minimum Gasteiger partial charge on any atom is -0.298 e. The topological polar surface area (TPSA) is 43.6 Å². The van der Waals surface area contributed by atoms with Crippen LogP contribution in [0.25, 0.3) is 11.4 Å². The van der Waals surface area contributed by atoms with E-state index in [0.717, 1.165) is 27.3 Å². The van der Waals surface area contributed by atoms with Crippen molar-refractivity contribution in [3.8, 4) is 11.4 Å². The van der Waals surface area contributed by atoms with Crippen molar-refractivity contribution >= 4 is 23.4 Å². The monoisotopic (exact) mass is 342 g/mol. The summed E-state index contributed by atoms with van der Waals surface area (Å²) in [5, 5.41) is 10.3. The van der Waals surface area contributed by atoms with Crippen LogP contribution in [0.4, 0.5) is 0 Å². The predicted octanol–water partition coefficient (Wildman–Crippen LogP) is 4.47. The molecule has 0 N–H and O–H groups in total. The van der Waals surface area contributed by atoms with Crippen LogP contribution in [-0.2, 0) is 12.3 Å². The van der Waals surface area contributed by atoms with Gasteiger partial charge in [0.2, 0.25) is 0 Å². The van der Waals surface area contributed by atoms with E-state index in [9.17, 15) is 0 Å². The summed E-state index contributed by atoms with van der Waals surface area (Å²) in [5.41, 5.74) is 2.19. The van der Waals surface area contributed by atoms with E-state index in [1.165, 1.54) is 5.56 Å². The number of hydrogen-bond acceptors (Lipinski definition) is 4. The van der Waals surface area contributed by atoms with Gasteiger partial charge in [-0.1, -0.05) is 41.6 Å². The highest BCUT2D eigenvalue weighted by Crippen LogP contribution is 2.26. The molecule has 0 aliphatic heterocycles. The van der Waals surface area contributed by atoms with Gasteiger partial charge in [0.1, 0.15) is 0 Å². The summed E-state index contributed by atoms with van der Waals surface area (Å²) in [7, 11) is 0. The molecular formula is C17H15ClN4S. The third-order valence-corrected chi connectivity index (χ3v) is 4.54. The highest BCUT2D eigenvalue weighted by atomic mass is 35.5. The maximum Gasteiger partial charge on any atom is 0.192 e. The van der Waals surface area contributed by atoms with Gasteiger partial charge >= 0.3 is 0 Å². The summed E-state index contributed by atoms with van der Waals surface area (Å²) < 4.78 is 2.06. The Kier molecular flexibility index (Phi) is 5.10. The second kappa shape index (κ2) is 7.44. The second-order valence-electron chi connectivity index (χ2n) is 4.86. The summed E-state index contributed by atoms with van der Waals surface area (Å²) >= 11 is 7.56. The van der Waals surface area contributed by atoms with Crippen molar-refractivity contribution in [2.24, 2.45) is 0 Å². The third kappa shape index (κ3) is 3.81. The molecule has 2 aromatic heterocycles. The lowest BCUT2D eigenvalue weighted by molar-refractivity contribution is 0.731. The molecule has 3 aromatic rings. The van der Waals surface area contributed by atoms with Gasteiger partial charge in [-0.2, -0.15) is 0 Å². The zero-order valence-electron chi connectivity index (χ0n) is 12.4. The Labute approximate surface area is 144 Å². The van der Waals surface area contributed by atoms with Crippen LogP contribution in [0, 0.1) is 0 Å². The average molecular weight is 343 g/mol. The normalized spacial score (nSPS) is 10.7. The van der Waals surface area contributed by atoms with Gasteiger partial charge in [-0.3, -0.25) is 9.55 Å². The number of allylic oxidation sites excluding steroid dienone is 1. The first-order valence-corrected chi connectivity index (χ1v) is 8.46. The quantitative estimate of drug-likeness (QED) is 0.489. The molecule has 0 spiro atoms. The molecule has 3 rings (SSSR count). The number of aromatic nitrogens is 4. The smallest absolute Gasteiger partial charge is 0.192 e. The molecule has 0 fully saturated rings. The standard InChI is InChI=1S/C17H15ClN4S/c1-2-11-22-16(14-7-9-19-10-8-14)20-21-17(22)23-12-13-3-5-15(18)6-4-13/h2-10H,1,11-12H2. The molecule has 2 heterocycles. The molecule has 1 aromatic carbocycles. The summed E-state index contributed by atoms with van der Waals surface area (Å²) in [6.45, 7) is 4.49. The molecule has 116 valence electrons. The molecule has 0 aliphatic carbocycles. The van der Waals surface area contributed by atoms with E-state index in [1.54, 1.807) is 24.2 Å². The molecule has 0 bridgehead atoms. The molecule has 6 heteroatoms. The maximum absolute atomic E-state index is 5.92. The molecule has 0 atom stereocenters. The van der Waals surface area contributed by atoms with Gasteiger partial charge in [0.25, 0.3) is 0 Å². The Balaban J connectivity index is 1.83. The van der Waals surface area contributed by atoms with Gasteiger partial charge in [0, 0.05) is 35.3 Å². The second-order valence-corrected chi connectivity index (χ2v) is 6.24. The summed E-state index contributed by atoms with van der Waals surface area (Å²) in [5.74, 6) is 1.63. The molecular weight excluding hydrogens is 328 g/mol. The number of pyridine rings is 1. The van der Waals surface area contributed by atoms with Crippen LogP contribution in [0.15, 0.2) is 66.6 Å². The zero-order chi connectivity index (χ0) is 16.1. The van der Waals surface area contributed by atoms with Gasteiger partial charge in [0.15, 0.2) is 11.0 Å². The van der Waals surface area contributed by atoms with E-state index in [-0.39, 0.29) is 0 Å². The Bertz CT molecular complexity index is 784. The molecule has 0 unspecified atom stereocenters. The van der Waals surface area contributed by atoms with Gasteiger partial charge in [-0.25, -0.2) is 0 Å². The first kappa shape index (κ1) is 15.8. The van der Waals surface area contributed by atoms with Crippen molar-refractivity contribution < 1.29 is 0 Å². The predicted molar refractivity (Wildman–Crippen MR) is 94.5 cm³/mol. The van der Waals surface area contributed by atoms with E-state index in [4.69, 9.17) is 11.6 Å². The van der Waals surface area contributed by atoms with Gasteiger partial charge in [0.05, 0.1) is 0 Å². The van der Waals surface area contributed by atoms with E-state index in [2.05, 4.69) is 26.3 Å². The minimum absolute atomic E-state index is 0.660. The molecule has 0 amide bonds. The fourth-order valence-corrected chi connectivity index (χ4v) is 3.16. The highest BCUT2D eigenvalue weighted by Gasteiger charge is 2.13. The van der Waals surface area contributed by atoms with Crippen molar-refractivity contribution in [3.05, 3.63) is 72.0 Å². The van der Waals surface area contributed by atoms with Crippen LogP contribution in [0.2, 0.25) is 5.02 Å². The Morgan fingerprint density at radius 3 is 2.52 bits per heavy atom. The Morgan fingerprint density at radius 1 is 1.09 bits per heavy atom. The SMILES string of the molecule is C=CCn1c(SCc2ccc(Cl)cc2)nnc1-c1ccncc1. The van der Waals surface area contributed by atoms with Crippen molar-refractivity contribution in [2.75, 3.05) is 0 Å². The zero-order valence-corrected chi connectivity index (χ0v) is 14.0. The minimum atomic E-state index is 0.660. The van der Waals surface area contributed by atoms with Crippen LogP contribution in [0.5, 0.6) is 0 Å². The molecule has 0 radical (unpaired) electrons. The van der Waals surface area contributed by atoms with Crippen molar-refractivity contribution in [1.29, 1.82) is 0 Å². The maximum atomic E-state index is 5.92. The lowest BCUT2D eigenvalue weighted by atomic mass is 10.2. The van der Waals surface area contributed by atoms with Crippen LogP contribution in [0.3, 0.4) is 0 Å². The first-order valence-electron chi connectivity index (χ1n) is 7.09. The number of benzene rings is 1. The van der Waals surface area contributed by atoms with Gasteiger partial charge in [-0.15, -0.1) is 16.8 Å². The van der Waals surface area contributed by atoms with Crippen molar-refractivity contribution in [2.45, 2.75) is 17.5 Å². The Morgan fingerprint density at radius 2 is 1.83 bits per heavy atom. The number of thioether (sulfide) groups is 1. The average Bonchev–Trinajstić information content (AvgIpc) is 2.98. The number of halogens is 1. The van der Waals surface area contributed by atoms with E-state index in [0.29, 0.717) is 6.54 Å². The fourth-order valence-electron chi connectivity index (χ4n) is 2.13. The molecule has 0 aliphatic rings. The summed E-state index contributed by atoms with van der Waals surface area (Å²) in [4.78, 5) is 4.04. The van der Waals surface area contributed by atoms with Crippen molar-refractivity contribution in [3.63, 3.8) is 0 Å². The molecule has 23 heavy (non-hydrogen) atoms. The van der Waals surface area contributed by atoms with Crippen LogP contribution >= 0.6 is 23.4 Å². The fraction of sp³-hybridized carbons (Fsp3) is 0.118. The molecule has 4 nitrogen and oxygen atoms in total. The first-order chi connectivity index (χ1) is 11.3. The summed E-state index contributed by atoms with van der Waals surface area (Å²) in [6.07, 6.45) is 5.35. The van der Waals surface area contributed by atoms with Crippen molar-refractivity contribution in [1.82, 2.24) is 19.7 Å². The van der Waals surface area contributed by atoms with Crippen LogP contribution < -0.4 is 0 Å². The number of rotatable bonds is 6. The molecule has 0 saturated carbocycles. The number of nitrogens with zero attached hydrogens (tertiary/aromatic N) is 4. The van der Waals surface area contributed by atoms with E-state index in [1.807, 2.05) is 42.5 Å². The lowest BCUT2D eigenvalue weighted by Crippen LogP contribution is -2.00. The van der Waals surface area contributed by atoms with Crippen LogP contribution in [0.1, 0.15) is 5.56 Å². The summed E-state index contributed by atoms with van der Waals surface area (Å²) in [6, 6.07) is 11.7. The van der Waals surface area contributed by atoms with Crippen LogP contribution in [-0.4, -0.2) is 19.7 Å². The van der Waals surface area contributed by atoms with E-state index >= 15 is 0 Å². The number of hydrogen-bond donors (Lipinski definition) is 0.